The fourth-order valence-electron chi connectivity index (χ4n) is 0. The number of halogens is 2. The van der Waals surface area contributed by atoms with Crippen LogP contribution in [0.4, 0.5) is 0 Å². The fraction of sp³-hybridized carbons (Fsp3) is 1.00. The molecule has 0 aliphatic carbocycles. The summed E-state index contributed by atoms with van der Waals surface area (Å²) in [6.45, 7) is 0. The molecule has 4 heavy (non-hydrogen) atoms. The van der Waals surface area contributed by atoms with Gasteiger partial charge in [0, 0.05) is 21.7 Å². The molecule has 0 heterocycles. The summed E-state index contributed by atoms with van der Waals surface area (Å²) < 4.78 is 0. The normalized spacial score (nSPS) is 1.50. The second-order valence-electron chi connectivity index (χ2n) is 0. The summed E-state index contributed by atoms with van der Waals surface area (Å²) in [7, 11) is 8.22. The Labute approximate surface area is 37.3 Å². The third kappa shape index (κ3) is 19.1. The van der Waals surface area contributed by atoms with Gasteiger partial charge in [0.15, 0.2) is 0 Å². The number of hydrogen-bond acceptors (Lipinski definition) is 0. The largest absolute Gasteiger partial charge is 0.0776 e. The van der Waals surface area contributed by atoms with E-state index in [0.29, 0.717) is 0 Å². The van der Waals surface area contributed by atoms with Crippen LogP contribution in [0.5, 0.6) is 0 Å². The molecule has 0 saturated carbocycles. The highest BCUT2D eigenvalue weighted by molar-refractivity contribution is 6.85. The summed E-state index contributed by atoms with van der Waals surface area (Å²) >= 11 is 0. The van der Waals surface area contributed by atoms with Gasteiger partial charge in [-0.25, -0.2) is 0 Å². The van der Waals surface area contributed by atoms with Crippen molar-refractivity contribution < 1.29 is 0 Å². The predicted molar refractivity (Wildman–Crippen MR) is 25.2 cm³/mol. The first kappa shape index (κ1) is 23.5. The molecule has 2 heteroatoms. The van der Waals surface area contributed by atoms with E-state index in [0.717, 1.165) is 0 Å². The smallest absolute Gasteiger partial charge is 0 e. The van der Waals surface area contributed by atoms with Crippen LogP contribution in [0.1, 0.15) is 14.9 Å². The van der Waals surface area contributed by atoms with Gasteiger partial charge in [-0.2, -0.15) is 0 Å². The van der Waals surface area contributed by atoms with Gasteiger partial charge < -0.3 is 0 Å². The fourth-order valence-corrected chi connectivity index (χ4v) is 0. The van der Waals surface area contributed by atoms with Gasteiger partial charge in [0.1, 0.15) is 0 Å². The van der Waals surface area contributed by atoms with Crippen LogP contribution in [-0.2, 0) is 0 Å². The first-order valence-electron chi connectivity index (χ1n) is 0.143. The van der Waals surface area contributed by atoms with Crippen LogP contribution in [0, 0.1) is 0 Å². The lowest BCUT2D eigenvalue weighted by Crippen LogP contribution is -0.310. The van der Waals surface area contributed by atoms with Gasteiger partial charge in [-0.1, -0.05) is 14.9 Å². The average Bonchev–Trinajstić information content (AvgIpc) is 1.00. The monoisotopic (exact) mass is 102 g/mol. The minimum Gasteiger partial charge on any atom is -0.0776 e. The van der Waals surface area contributed by atoms with Crippen LogP contribution >= 0.6 is 21.7 Å². The summed E-state index contributed by atoms with van der Waals surface area (Å²) in [6.07, 6.45) is 0. The molecule has 0 nitrogen and oxygen atoms in total. The van der Waals surface area contributed by atoms with E-state index in [1.807, 2.05) is 0 Å². The third-order valence-electron chi connectivity index (χ3n) is 0. The zero-order valence-corrected chi connectivity index (χ0v) is 2.27. The second-order valence-corrected chi connectivity index (χ2v) is 0. The van der Waals surface area contributed by atoms with Gasteiger partial charge in [0.2, 0.25) is 0 Å². The van der Waals surface area contributed by atoms with Crippen LogP contribution in [0.15, 0.2) is 0 Å². The molecule has 0 aliphatic heterocycles. The van der Waals surface area contributed by atoms with Gasteiger partial charge in [-0.3, -0.25) is 0 Å². The van der Waals surface area contributed by atoms with Crippen LogP contribution in [0.25, 0.3) is 0 Å². The standard InChI is InChI=1S/2CH4.Cl2/c;;1-2/h2*1H4;. The van der Waals surface area contributed by atoms with Crippen molar-refractivity contribution in [3.05, 3.63) is 0 Å². The van der Waals surface area contributed by atoms with Crippen molar-refractivity contribution in [2.75, 3.05) is 0 Å². The van der Waals surface area contributed by atoms with E-state index in [4.69, 9.17) is 0 Å². The molecule has 0 aliphatic rings. The first-order valence-corrected chi connectivity index (χ1v) is 1.29. The Bertz CT molecular complexity index is 4.00. The third-order valence-corrected chi connectivity index (χ3v) is 0. The zero-order valence-electron chi connectivity index (χ0n) is 0.756. The summed E-state index contributed by atoms with van der Waals surface area (Å²) in [5.41, 5.74) is 0. The van der Waals surface area contributed by atoms with Crippen LogP contribution < -0.4 is 0 Å². The van der Waals surface area contributed by atoms with E-state index in [1.54, 1.807) is 0 Å². The van der Waals surface area contributed by atoms with Crippen LogP contribution in [-0.4, -0.2) is 0 Å². The molecule has 0 aromatic heterocycles. The van der Waals surface area contributed by atoms with Gasteiger partial charge >= 0.3 is 0 Å². The van der Waals surface area contributed by atoms with Crippen LogP contribution in [0.3, 0.4) is 0 Å². The molecule has 0 fully saturated rings. The molecule has 0 bridgehead atoms. The molecule has 0 amide bonds. The van der Waals surface area contributed by atoms with E-state index >= 15 is 0 Å². The highest BCUT2D eigenvalue weighted by Gasteiger charge is 1.00. The molecule has 0 rings (SSSR count). The quantitative estimate of drug-likeness (QED) is 0.442. The summed E-state index contributed by atoms with van der Waals surface area (Å²) in [4.78, 5) is 0. The van der Waals surface area contributed by atoms with Crippen molar-refractivity contribution in [1.82, 2.24) is 0 Å². The maximum Gasteiger partial charge on any atom is 0 e. The molecule has 0 radical (unpaired) electrons. The highest BCUT2D eigenvalue weighted by Crippen LogP contribution is 1.69. The van der Waals surface area contributed by atoms with E-state index in [9.17, 15) is 0 Å². The molecule has 0 aromatic rings. The van der Waals surface area contributed by atoms with Gasteiger partial charge in [-0.15, -0.1) is 0 Å². The van der Waals surface area contributed by atoms with Crippen molar-refractivity contribution >= 4 is 21.7 Å². The number of rotatable bonds is 0. The lowest BCUT2D eigenvalue weighted by atomic mass is 12.0. The molecule has 0 spiro atoms. The molecule has 30 valence electrons. The summed E-state index contributed by atoms with van der Waals surface area (Å²) in [5, 5.41) is 0. The Hall–Kier alpha value is 0.580. The molecule has 0 N–H and O–H groups in total. The summed E-state index contributed by atoms with van der Waals surface area (Å²) in [6, 6.07) is 0. The van der Waals surface area contributed by atoms with E-state index in [1.165, 1.54) is 0 Å². The number of hydrogen-bond donors (Lipinski definition) is 0. The first-order chi connectivity index (χ1) is 1.00. The van der Waals surface area contributed by atoms with Crippen LogP contribution in [0.2, 0.25) is 0 Å². The van der Waals surface area contributed by atoms with E-state index in [2.05, 4.69) is 21.7 Å². The average molecular weight is 103 g/mol. The Morgan fingerprint density at radius 2 is 0.750 bits per heavy atom. The molecule has 0 saturated heterocycles. The molecular weight excluding hydrogens is 94.9 g/mol. The van der Waals surface area contributed by atoms with Crippen molar-refractivity contribution in [2.24, 2.45) is 0 Å². The van der Waals surface area contributed by atoms with Crippen molar-refractivity contribution in [2.45, 2.75) is 14.9 Å². The van der Waals surface area contributed by atoms with Gasteiger partial charge in [0.05, 0.1) is 0 Å². The molecular formula is C2H8Cl2. The Balaban J connectivity index is -0.00000000500. The maximum atomic E-state index is 4.11. The minimum atomic E-state index is 0. The highest BCUT2D eigenvalue weighted by atomic mass is 36.5. The van der Waals surface area contributed by atoms with Crippen molar-refractivity contribution in [3.63, 3.8) is 0 Å². The second kappa shape index (κ2) is 70.8. The van der Waals surface area contributed by atoms with Gasteiger partial charge in [0.25, 0.3) is 0 Å². The summed E-state index contributed by atoms with van der Waals surface area (Å²) in [5.74, 6) is 0. The topological polar surface area (TPSA) is 0 Å². The van der Waals surface area contributed by atoms with Crippen molar-refractivity contribution in [3.8, 4) is 0 Å². The lowest BCUT2D eigenvalue weighted by molar-refractivity contribution is 2.50. The molecule has 0 unspecified atom stereocenters. The van der Waals surface area contributed by atoms with E-state index in [-0.39, 0.29) is 14.9 Å². The SMILES string of the molecule is C.C.ClCl. The Kier molecular flexibility index (Phi) is 416. The minimum absolute atomic E-state index is 0. The Morgan fingerprint density at radius 3 is 0.750 bits per heavy atom. The van der Waals surface area contributed by atoms with Gasteiger partial charge in [-0.05, 0) is 0 Å². The molecule has 0 atom stereocenters. The maximum absolute atomic E-state index is 4.11. The van der Waals surface area contributed by atoms with Crippen molar-refractivity contribution in [1.29, 1.82) is 0 Å². The predicted octanol–water partition coefficient (Wildman–Crippen LogP) is 2.65. The molecule has 0 aromatic carbocycles. The Morgan fingerprint density at radius 1 is 0.750 bits per heavy atom. The van der Waals surface area contributed by atoms with E-state index < -0.39 is 0 Å². The zero-order chi connectivity index (χ0) is 2.00. The lowest BCUT2D eigenvalue weighted by Gasteiger charge is -1.00.